The summed E-state index contributed by atoms with van der Waals surface area (Å²) < 4.78 is 2.64. The van der Waals surface area contributed by atoms with Crippen LogP contribution in [0.3, 0.4) is 0 Å². The lowest BCUT2D eigenvalue weighted by molar-refractivity contribution is 0.779. The predicted molar refractivity (Wildman–Crippen MR) is 45.1 cm³/mol. The van der Waals surface area contributed by atoms with Gasteiger partial charge >= 0.3 is 0 Å². The highest BCUT2D eigenvalue weighted by molar-refractivity contribution is 5.76. The third-order valence-corrected chi connectivity index (χ3v) is 1.72. The maximum absolute atomic E-state index is 11.3. The molecule has 12 heavy (non-hydrogen) atoms. The second kappa shape index (κ2) is 2.10. The van der Waals surface area contributed by atoms with Crippen molar-refractivity contribution < 1.29 is 0 Å². The number of hydrogen-bond donors (Lipinski definition) is 1. The fourth-order valence-electron chi connectivity index (χ4n) is 1.15. The van der Waals surface area contributed by atoms with Gasteiger partial charge < -0.3 is 5.84 Å². The maximum Gasteiger partial charge on any atom is 0.279 e. The number of fused-ring (bicyclic) bond motifs is 1. The molecule has 5 heteroatoms. The normalized spacial score (nSPS) is 10.8. The second-order valence-electron chi connectivity index (χ2n) is 2.63. The smallest absolute Gasteiger partial charge is 0.279 e. The largest absolute Gasteiger partial charge is 0.336 e. The summed E-state index contributed by atoms with van der Waals surface area (Å²) in [6.45, 7) is 0. The van der Waals surface area contributed by atoms with Crippen LogP contribution < -0.4 is 11.4 Å². The summed E-state index contributed by atoms with van der Waals surface area (Å²) in [5.41, 5.74) is 0.449. The Labute approximate surface area is 68.0 Å². The van der Waals surface area contributed by atoms with Crippen LogP contribution in [-0.2, 0) is 7.05 Å². The van der Waals surface area contributed by atoms with Gasteiger partial charge in [-0.05, 0) is 6.07 Å². The lowest BCUT2D eigenvalue weighted by atomic mass is 10.3. The van der Waals surface area contributed by atoms with Crippen LogP contribution in [-0.4, -0.2) is 14.5 Å². The first kappa shape index (κ1) is 6.90. The van der Waals surface area contributed by atoms with E-state index < -0.39 is 0 Å². The van der Waals surface area contributed by atoms with E-state index in [9.17, 15) is 4.79 Å². The Morgan fingerprint density at radius 1 is 1.58 bits per heavy atom. The van der Waals surface area contributed by atoms with Crippen LogP contribution in [0.15, 0.2) is 23.3 Å². The van der Waals surface area contributed by atoms with Gasteiger partial charge in [0, 0.05) is 19.4 Å². The molecule has 0 unspecified atom stereocenters. The monoisotopic (exact) mass is 164 g/mol. The lowest BCUT2D eigenvalue weighted by Crippen LogP contribution is -2.25. The molecule has 2 heterocycles. The minimum absolute atomic E-state index is 0.222. The van der Waals surface area contributed by atoms with E-state index in [0.29, 0.717) is 10.9 Å². The highest BCUT2D eigenvalue weighted by atomic mass is 16.1. The minimum Gasteiger partial charge on any atom is -0.336 e. The van der Waals surface area contributed by atoms with E-state index in [1.807, 2.05) is 0 Å². The summed E-state index contributed by atoms with van der Waals surface area (Å²) in [5, 5.41) is 4.61. The van der Waals surface area contributed by atoms with Gasteiger partial charge in [0.1, 0.15) is 0 Å². The first-order chi connectivity index (χ1) is 5.68. The van der Waals surface area contributed by atoms with Crippen molar-refractivity contribution in [1.29, 1.82) is 0 Å². The summed E-state index contributed by atoms with van der Waals surface area (Å²) in [7, 11) is 1.76. The average Bonchev–Trinajstić information content (AvgIpc) is 2.39. The predicted octanol–water partition coefficient (Wildman–Crippen LogP) is -0.551. The third kappa shape index (κ3) is 0.795. The molecule has 0 aliphatic carbocycles. The van der Waals surface area contributed by atoms with E-state index in [-0.39, 0.29) is 5.56 Å². The SMILES string of the molecule is Cn1cc2c(=O)n(N)ccc2n1. The van der Waals surface area contributed by atoms with Crippen molar-refractivity contribution in [3.05, 3.63) is 28.8 Å². The molecular formula is C7H8N4O. The number of nitrogens with zero attached hydrogens (tertiary/aromatic N) is 3. The molecule has 0 saturated heterocycles. The van der Waals surface area contributed by atoms with Crippen LogP contribution in [0.5, 0.6) is 0 Å². The molecule has 0 aliphatic rings. The first-order valence-corrected chi connectivity index (χ1v) is 3.48. The molecule has 0 bridgehead atoms. The molecule has 2 N–H and O–H groups in total. The van der Waals surface area contributed by atoms with Crippen molar-refractivity contribution in [3.8, 4) is 0 Å². The number of nitrogen functional groups attached to an aromatic ring is 1. The van der Waals surface area contributed by atoms with Crippen LogP contribution in [0, 0.1) is 0 Å². The summed E-state index contributed by atoms with van der Waals surface area (Å²) in [6, 6.07) is 1.71. The van der Waals surface area contributed by atoms with E-state index in [4.69, 9.17) is 5.84 Å². The molecule has 5 nitrogen and oxygen atoms in total. The zero-order valence-corrected chi connectivity index (χ0v) is 6.56. The first-order valence-electron chi connectivity index (χ1n) is 3.48. The van der Waals surface area contributed by atoms with Gasteiger partial charge in [0.05, 0.1) is 10.9 Å². The van der Waals surface area contributed by atoms with Gasteiger partial charge in [-0.25, -0.2) is 4.68 Å². The van der Waals surface area contributed by atoms with Gasteiger partial charge in [-0.1, -0.05) is 0 Å². The molecule has 0 radical (unpaired) electrons. The van der Waals surface area contributed by atoms with E-state index in [1.165, 1.54) is 6.20 Å². The zero-order chi connectivity index (χ0) is 8.72. The summed E-state index contributed by atoms with van der Waals surface area (Å²) in [4.78, 5) is 11.3. The number of aryl methyl sites for hydroxylation is 1. The summed E-state index contributed by atoms with van der Waals surface area (Å²) in [5.74, 6) is 5.36. The molecule has 0 aliphatic heterocycles. The Kier molecular flexibility index (Phi) is 1.21. The highest BCUT2D eigenvalue weighted by Gasteiger charge is 2.02. The van der Waals surface area contributed by atoms with Gasteiger partial charge in [-0.3, -0.25) is 9.48 Å². The highest BCUT2D eigenvalue weighted by Crippen LogP contribution is 2.03. The van der Waals surface area contributed by atoms with Crippen LogP contribution in [0.1, 0.15) is 0 Å². The second-order valence-corrected chi connectivity index (χ2v) is 2.63. The Bertz CT molecular complexity index is 482. The third-order valence-electron chi connectivity index (χ3n) is 1.72. The molecule has 0 atom stereocenters. The standard InChI is InChI=1S/C7H8N4O/c1-10-4-5-6(9-10)2-3-11(8)7(5)12/h2-4H,8H2,1H3. The van der Waals surface area contributed by atoms with Crippen molar-refractivity contribution in [2.45, 2.75) is 0 Å². The number of hydrogen-bond acceptors (Lipinski definition) is 3. The fourth-order valence-corrected chi connectivity index (χ4v) is 1.15. The topological polar surface area (TPSA) is 65.8 Å². The Morgan fingerprint density at radius 3 is 3.08 bits per heavy atom. The van der Waals surface area contributed by atoms with Gasteiger partial charge in [0.25, 0.3) is 5.56 Å². The molecule has 0 aromatic carbocycles. The van der Waals surface area contributed by atoms with E-state index >= 15 is 0 Å². The van der Waals surface area contributed by atoms with Crippen LogP contribution >= 0.6 is 0 Å². The molecule has 2 aromatic rings. The van der Waals surface area contributed by atoms with Gasteiger partial charge in [-0.15, -0.1) is 0 Å². The van der Waals surface area contributed by atoms with E-state index in [1.54, 1.807) is 24.0 Å². The fraction of sp³-hybridized carbons (Fsp3) is 0.143. The molecule has 0 fully saturated rings. The number of rotatable bonds is 0. The number of nitrogens with two attached hydrogens (primary N) is 1. The van der Waals surface area contributed by atoms with Gasteiger partial charge in [-0.2, -0.15) is 5.10 Å². The molecular weight excluding hydrogens is 156 g/mol. The lowest BCUT2D eigenvalue weighted by Gasteiger charge is -1.93. The Balaban J connectivity index is 2.99. The Hall–Kier alpha value is -1.78. The maximum atomic E-state index is 11.3. The molecule has 2 rings (SSSR count). The van der Waals surface area contributed by atoms with E-state index in [0.717, 1.165) is 4.68 Å². The number of pyridine rings is 1. The molecule has 0 saturated carbocycles. The van der Waals surface area contributed by atoms with Crippen molar-refractivity contribution >= 4 is 10.9 Å². The van der Waals surface area contributed by atoms with Crippen molar-refractivity contribution in [2.75, 3.05) is 5.84 Å². The summed E-state index contributed by atoms with van der Waals surface area (Å²) >= 11 is 0. The minimum atomic E-state index is -0.222. The number of aromatic nitrogens is 3. The van der Waals surface area contributed by atoms with E-state index in [2.05, 4.69) is 5.10 Å². The van der Waals surface area contributed by atoms with Crippen LogP contribution in [0.25, 0.3) is 10.9 Å². The summed E-state index contributed by atoms with van der Waals surface area (Å²) in [6.07, 6.45) is 3.15. The van der Waals surface area contributed by atoms with Gasteiger partial charge in [0.2, 0.25) is 0 Å². The Morgan fingerprint density at radius 2 is 2.33 bits per heavy atom. The van der Waals surface area contributed by atoms with Gasteiger partial charge in [0.15, 0.2) is 0 Å². The molecule has 0 amide bonds. The van der Waals surface area contributed by atoms with Crippen molar-refractivity contribution in [3.63, 3.8) is 0 Å². The van der Waals surface area contributed by atoms with Crippen molar-refractivity contribution in [1.82, 2.24) is 14.5 Å². The zero-order valence-electron chi connectivity index (χ0n) is 6.56. The molecule has 0 spiro atoms. The average molecular weight is 164 g/mol. The quantitative estimate of drug-likeness (QED) is 0.531. The van der Waals surface area contributed by atoms with Crippen LogP contribution in [0.4, 0.5) is 0 Å². The molecule has 2 aromatic heterocycles. The van der Waals surface area contributed by atoms with Crippen molar-refractivity contribution in [2.24, 2.45) is 7.05 Å². The molecule has 62 valence electrons. The van der Waals surface area contributed by atoms with Crippen LogP contribution in [0.2, 0.25) is 0 Å².